The van der Waals surface area contributed by atoms with E-state index in [2.05, 4.69) is 0 Å². The third-order valence-electron chi connectivity index (χ3n) is 2.57. The van der Waals surface area contributed by atoms with Crippen LogP contribution >= 0.6 is 0 Å². The Hall–Kier alpha value is -1.22. The highest BCUT2D eigenvalue weighted by atomic mass is 16.5. The molecule has 0 saturated heterocycles. The summed E-state index contributed by atoms with van der Waals surface area (Å²) in [6.45, 7) is 1.42. The van der Waals surface area contributed by atoms with Gasteiger partial charge in [0.05, 0.1) is 13.7 Å². The third-order valence-corrected chi connectivity index (χ3v) is 2.57. The fraction of sp³-hybridized carbons (Fsp3) is 0.455. The highest BCUT2D eigenvalue weighted by Crippen LogP contribution is 2.34. The van der Waals surface area contributed by atoms with E-state index < -0.39 is 0 Å². The minimum Gasteiger partial charge on any atom is -0.496 e. The molecule has 0 amide bonds. The van der Waals surface area contributed by atoms with E-state index in [1.807, 2.05) is 12.1 Å². The number of hydrogen-bond acceptors (Lipinski definition) is 3. The number of benzene rings is 1. The van der Waals surface area contributed by atoms with Gasteiger partial charge in [-0.2, -0.15) is 0 Å². The minimum atomic E-state index is 0.646. The lowest BCUT2D eigenvalue weighted by atomic mass is 10.0. The molecule has 1 aromatic carbocycles. The number of hydrogen-bond donors (Lipinski definition) is 1. The lowest BCUT2D eigenvalue weighted by molar-refractivity contribution is 0.356. The van der Waals surface area contributed by atoms with Crippen LogP contribution < -0.4 is 15.2 Å². The average Bonchev–Trinajstić information content (AvgIpc) is 2.67. The molecule has 2 rings (SSSR count). The van der Waals surface area contributed by atoms with Crippen molar-refractivity contribution in [1.29, 1.82) is 0 Å². The van der Waals surface area contributed by atoms with Crippen molar-refractivity contribution >= 4 is 0 Å². The van der Waals surface area contributed by atoms with Gasteiger partial charge in [-0.1, -0.05) is 0 Å². The smallest absolute Gasteiger partial charge is 0.123 e. The fourth-order valence-corrected chi connectivity index (χ4v) is 1.93. The van der Waals surface area contributed by atoms with Crippen molar-refractivity contribution in [3.63, 3.8) is 0 Å². The molecule has 1 aliphatic rings. The van der Waals surface area contributed by atoms with E-state index >= 15 is 0 Å². The Balaban J connectivity index is 2.45. The SMILES string of the molecule is COc1ccc2c(c1CCN)CCO2. The topological polar surface area (TPSA) is 44.5 Å². The first-order valence-corrected chi connectivity index (χ1v) is 4.88. The van der Waals surface area contributed by atoms with Gasteiger partial charge >= 0.3 is 0 Å². The number of methoxy groups -OCH3 is 1. The molecule has 1 aromatic rings. The van der Waals surface area contributed by atoms with Gasteiger partial charge in [0.1, 0.15) is 11.5 Å². The molecule has 0 radical (unpaired) electrons. The van der Waals surface area contributed by atoms with E-state index in [9.17, 15) is 0 Å². The van der Waals surface area contributed by atoms with Gasteiger partial charge in [-0.05, 0) is 25.1 Å². The highest BCUT2D eigenvalue weighted by molar-refractivity contribution is 5.50. The molecule has 3 nitrogen and oxygen atoms in total. The normalized spacial score (nSPS) is 13.6. The lowest BCUT2D eigenvalue weighted by Crippen LogP contribution is -2.06. The van der Waals surface area contributed by atoms with Crippen molar-refractivity contribution in [2.75, 3.05) is 20.3 Å². The van der Waals surface area contributed by atoms with Crippen molar-refractivity contribution in [3.05, 3.63) is 23.3 Å². The number of nitrogens with two attached hydrogens (primary N) is 1. The molecule has 14 heavy (non-hydrogen) atoms. The summed E-state index contributed by atoms with van der Waals surface area (Å²) in [5.41, 5.74) is 8.07. The molecule has 2 N–H and O–H groups in total. The molecule has 0 atom stereocenters. The van der Waals surface area contributed by atoms with Crippen LogP contribution in [0.15, 0.2) is 12.1 Å². The molecule has 1 heterocycles. The second-order valence-electron chi connectivity index (χ2n) is 3.36. The predicted molar refractivity (Wildman–Crippen MR) is 55.0 cm³/mol. The zero-order valence-electron chi connectivity index (χ0n) is 8.38. The quantitative estimate of drug-likeness (QED) is 0.782. The lowest BCUT2D eigenvalue weighted by Gasteiger charge is -2.11. The van der Waals surface area contributed by atoms with Gasteiger partial charge in [-0.15, -0.1) is 0 Å². The molecule has 76 valence electrons. The molecule has 0 spiro atoms. The summed E-state index contributed by atoms with van der Waals surface area (Å²) >= 11 is 0. The van der Waals surface area contributed by atoms with Crippen molar-refractivity contribution in [3.8, 4) is 11.5 Å². The van der Waals surface area contributed by atoms with E-state index in [1.54, 1.807) is 7.11 Å². The maximum atomic E-state index is 5.58. The van der Waals surface area contributed by atoms with Gasteiger partial charge in [0.15, 0.2) is 0 Å². The van der Waals surface area contributed by atoms with Crippen molar-refractivity contribution < 1.29 is 9.47 Å². The summed E-state index contributed by atoms with van der Waals surface area (Å²) in [5, 5.41) is 0. The Kier molecular flexibility index (Phi) is 2.59. The van der Waals surface area contributed by atoms with Crippen molar-refractivity contribution in [2.45, 2.75) is 12.8 Å². The number of fused-ring (bicyclic) bond motifs is 1. The summed E-state index contributed by atoms with van der Waals surface area (Å²) in [6.07, 6.45) is 1.83. The van der Waals surface area contributed by atoms with Gasteiger partial charge in [0, 0.05) is 17.5 Å². The van der Waals surface area contributed by atoms with Gasteiger partial charge in [-0.25, -0.2) is 0 Å². The maximum absolute atomic E-state index is 5.58. The predicted octanol–water partition coefficient (Wildman–Crippen LogP) is 1.13. The maximum Gasteiger partial charge on any atom is 0.123 e. The second-order valence-corrected chi connectivity index (χ2v) is 3.36. The summed E-state index contributed by atoms with van der Waals surface area (Å²) < 4.78 is 10.8. The zero-order chi connectivity index (χ0) is 9.97. The fourth-order valence-electron chi connectivity index (χ4n) is 1.93. The molecule has 0 aliphatic carbocycles. The molecular formula is C11H15NO2. The Morgan fingerprint density at radius 2 is 2.36 bits per heavy atom. The van der Waals surface area contributed by atoms with Gasteiger partial charge < -0.3 is 15.2 Å². The first-order chi connectivity index (χ1) is 6.86. The van der Waals surface area contributed by atoms with Crippen LogP contribution in [0.5, 0.6) is 11.5 Å². The Morgan fingerprint density at radius 1 is 1.50 bits per heavy atom. The van der Waals surface area contributed by atoms with Crippen LogP contribution in [0.1, 0.15) is 11.1 Å². The van der Waals surface area contributed by atoms with Gasteiger partial charge in [-0.3, -0.25) is 0 Å². The van der Waals surface area contributed by atoms with E-state index in [-0.39, 0.29) is 0 Å². The molecule has 0 aromatic heterocycles. The van der Waals surface area contributed by atoms with Crippen molar-refractivity contribution in [1.82, 2.24) is 0 Å². The largest absolute Gasteiger partial charge is 0.496 e. The first-order valence-electron chi connectivity index (χ1n) is 4.88. The van der Waals surface area contributed by atoms with E-state index in [1.165, 1.54) is 11.1 Å². The number of rotatable bonds is 3. The van der Waals surface area contributed by atoms with Crippen LogP contribution in [-0.4, -0.2) is 20.3 Å². The summed E-state index contributed by atoms with van der Waals surface area (Å²) in [4.78, 5) is 0. The Bertz CT molecular complexity index is 336. The molecule has 0 unspecified atom stereocenters. The van der Waals surface area contributed by atoms with Crippen LogP contribution in [0.2, 0.25) is 0 Å². The van der Waals surface area contributed by atoms with E-state index in [0.717, 1.165) is 30.9 Å². The average molecular weight is 193 g/mol. The Labute approximate surface area is 83.8 Å². The molecule has 0 bridgehead atoms. The van der Waals surface area contributed by atoms with E-state index in [4.69, 9.17) is 15.2 Å². The minimum absolute atomic E-state index is 0.646. The monoisotopic (exact) mass is 193 g/mol. The van der Waals surface area contributed by atoms with Crippen LogP contribution in [0.3, 0.4) is 0 Å². The molecule has 1 aliphatic heterocycles. The zero-order valence-corrected chi connectivity index (χ0v) is 8.38. The van der Waals surface area contributed by atoms with Crippen LogP contribution in [0.25, 0.3) is 0 Å². The van der Waals surface area contributed by atoms with Crippen LogP contribution in [-0.2, 0) is 12.8 Å². The molecule has 0 fully saturated rings. The van der Waals surface area contributed by atoms with Crippen molar-refractivity contribution in [2.24, 2.45) is 5.73 Å². The summed E-state index contributed by atoms with van der Waals surface area (Å²) in [5.74, 6) is 1.92. The first kappa shape index (κ1) is 9.34. The van der Waals surface area contributed by atoms with Gasteiger partial charge in [0.2, 0.25) is 0 Å². The highest BCUT2D eigenvalue weighted by Gasteiger charge is 2.18. The molecule has 0 saturated carbocycles. The Morgan fingerprint density at radius 3 is 3.07 bits per heavy atom. The second kappa shape index (κ2) is 3.88. The molecule has 3 heteroatoms. The van der Waals surface area contributed by atoms with Crippen LogP contribution in [0, 0.1) is 0 Å². The third kappa shape index (κ3) is 1.44. The van der Waals surface area contributed by atoms with E-state index in [0.29, 0.717) is 6.54 Å². The summed E-state index contributed by atoms with van der Waals surface area (Å²) in [7, 11) is 1.69. The standard InChI is InChI=1S/C11H15NO2/c1-13-10-2-3-11-9(5-7-14-11)8(10)4-6-12/h2-3H,4-7,12H2,1H3. The van der Waals surface area contributed by atoms with Gasteiger partial charge in [0.25, 0.3) is 0 Å². The van der Waals surface area contributed by atoms with Crippen LogP contribution in [0.4, 0.5) is 0 Å². The number of ether oxygens (including phenoxy) is 2. The summed E-state index contributed by atoms with van der Waals surface area (Å²) in [6, 6.07) is 3.93. The molecular weight excluding hydrogens is 178 g/mol.